The van der Waals surface area contributed by atoms with Crippen LogP contribution in [0.2, 0.25) is 5.02 Å². The number of benzene rings is 3. The molecule has 1 heterocycles. The minimum atomic E-state index is -0.933. The fourth-order valence-corrected chi connectivity index (χ4v) is 4.15. The number of rotatable bonds is 7. The van der Waals surface area contributed by atoms with Crippen LogP contribution in [0, 0.1) is 5.82 Å². The first-order chi connectivity index (χ1) is 17.2. The number of carbonyl (C=O) groups excluding carboxylic acids is 3. The van der Waals surface area contributed by atoms with E-state index < -0.39 is 24.1 Å². The highest BCUT2D eigenvalue weighted by molar-refractivity contribution is 6.31. The molecule has 2 N–H and O–H groups in total. The van der Waals surface area contributed by atoms with Crippen molar-refractivity contribution in [1.82, 2.24) is 10.2 Å². The molecule has 0 radical (unpaired) electrons. The molecule has 0 unspecified atom stereocenters. The third kappa shape index (κ3) is 5.83. The molecule has 1 saturated heterocycles. The Morgan fingerprint density at radius 1 is 1.06 bits per heavy atom. The number of carbonyl (C=O) groups is 3. The summed E-state index contributed by atoms with van der Waals surface area (Å²) in [7, 11) is 0. The number of ether oxygens (including phenoxy) is 1. The van der Waals surface area contributed by atoms with Gasteiger partial charge < -0.3 is 15.4 Å². The van der Waals surface area contributed by atoms with Gasteiger partial charge in [-0.25, -0.2) is 9.18 Å². The molecule has 7 nitrogen and oxygen atoms in total. The molecule has 1 aliphatic rings. The largest absolute Gasteiger partial charge is 0.438 e. The van der Waals surface area contributed by atoms with Crippen LogP contribution in [0.3, 0.4) is 0 Å². The molecule has 3 aromatic rings. The second kappa shape index (κ2) is 10.8. The molecule has 3 aromatic carbocycles. The topological polar surface area (TPSA) is 87.7 Å². The van der Waals surface area contributed by atoms with Crippen molar-refractivity contribution in [2.75, 3.05) is 5.32 Å². The average Bonchev–Trinajstić information content (AvgIpc) is 3.16. The second-order valence-electron chi connectivity index (χ2n) is 8.75. The third-order valence-electron chi connectivity index (χ3n) is 5.63. The Bertz CT molecular complexity index is 1260. The molecule has 2 atom stereocenters. The summed E-state index contributed by atoms with van der Waals surface area (Å²) in [5.74, 6) is -1.07. The zero-order valence-corrected chi connectivity index (χ0v) is 20.5. The summed E-state index contributed by atoms with van der Waals surface area (Å²) in [5.41, 5.74) is 2.20. The van der Waals surface area contributed by atoms with Crippen LogP contribution < -0.4 is 10.6 Å². The third-order valence-corrected chi connectivity index (χ3v) is 5.87. The summed E-state index contributed by atoms with van der Waals surface area (Å²) < 4.78 is 19.0. The zero-order chi connectivity index (χ0) is 25.8. The molecule has 36 heavy (non-hydrogen) atoms. The van der Waals surface area contributed by atoms with E-state index >= 15 is 0 Å². The van der Waals surface area contributed by atoms with Crippen LogP contribution in [0.25, 0.3) is 0 Å². The first kappa shape index (κ1) is 25.2. The van der Waals surface area contributed by atoms with Gasteiger partial charge in [0.25, 0.3) is 5.91 Å². The molecule has 0 saturated carbocycles. The van der Waals surface area contributed by atoms with Gasteiger partial charge in [-0.15, -0.1) is 0 Å². The highest BCUT2D eigenvalue weighted by atomic mass is 35.5. The molecule has 1 aliphatic heterocycles. The first-order valence-electron chi connectivity index (χ1n) is 11.4. The highest BCUT2D eigenvalue weighted by Crippen LogP contribution is 2.34. The number of nitrogens with zero attached hydrogens (tertiary/aromatic N) is 1. The zero-order valence-electron chi connectivity index (χ0n) is 19.7. The van der Waals surface area contributed by atoms with Crippen LogP contribution in [-0.2, 0) is 16.1 Å². The van der Waals surface area contributed by atoms with E-state index in [-0.39, 0.29) is 24.4 Å². The maximum absolute atomic E-state index is 13.3. The van der Waals surface area contributed by atoms with Gasteiger partial charge in [0, 0.05) is 22.3 Å². The molecular formula is C27H25ClFN3O4. The van der Waals surface area contributed by atoms with Gasteiger partial charge in [-0.05, 0) is 67.4 Å². The van der Waals surface area contributed by atoms with Crippen LogP contribution in [0.1, 0.15) is 41.4 Å². The van der Waals surface area contributed by atoms with E-state index in [1.807, 2.05) is 13.8 Å². The average molecular weight is 510 g/mol. The lowest BCUT2D eigenvalue weighted by atomic mass is 10.00. The molecule has 186 valence electrons. The van der Waals surface area contributed by atoms with Crippen LogP contribution in [0.4, 0.5) is 14.9 Å². The molecule has 0 aromatic heterocycles. The van der Waals surface area contributed by atoms with Gasteiger partial charge in [-0.3, -0.25) is 14.5 Å². The van der Waals surface area contributed by atoms with Crippen molar-refractivity contribution in [3.05, 3.63) is 100 Å². The van der Waals surface area contributed by atoms with Crippen molar-refractivity contribution in [3.63, 3.8) is 0 Å². The lowest BCUT2D eigenvalue weighted by Crippen LogP contribution is -2.48. The number of anilines is 1. The Labute approximate surface area is 213 Å². The Balaban J connectivity index is 1.55. The molecule has 0 spiro atoms. The SMILES string of the molecule is CC(C)NC(=O)[C@H]1[C@@H](c2ccc(NC(=O)c3cccc(Cl)c3)cc2)OC(=O)N1Cc1ccc(F)cc1. The van der Waals surface area contributed by atoms with E-state index in [4.69, 9.17) is 16.3 Å². The number of hydrogen-bond acceptors (Lipinski definition) is 4. The Hall–Kier alpha value is -3.91. The van der Waals surface area contributed by atoms with Crippen LogP contribution in [0.5, 0.6) is 0 Å². The van der Waals surface area contributed by atoms with Gasteiger partial charge in [0.2, 0.25) is 5.91 Å². The summed E-state index contributed by atoms with van der Waals surface area (Å²) in [6.45, 7) is 3.73. The van der Waals surface area contributed by atoms with Crippen molar-refractivity contribution in [2.45, 2.75) is 38.6 Å². The number of cyclic esters (lactones) is 1. The predicted molar refractivity (Wildman–Crippen MR) is 134 cm³/mol. The van der Waals surface area contributed by atoms with Crippen LogP contribution >= 0.6 is 11.6 Å². The molecule has 3 amide bonds. The lowest BCUT2D eigenvalue weighted by molar-refractivity contribution is -0.126. The highest BCUT2D eigenvalue weighted by Gasteiger charge is 2.47. The minimum Gasteiger partial charge on any atom is -0.438 e. The summed E-state index contributed by atoms with van der Waals surface area (Å²) in [6.07, 6.45) is -1.51. The van der Waals surface area contributed by atoms with E-state index in [1.54, 1.807) is 60.7 Å². The summed E-state index contributed by atoms with van der Waals surface area (Å²) in [4.78, 5) is 39.8. The van der Waals surface area contributed by atoms with Crippen LogP contribution in [0.15, 0.2) is 72.8 Å². The van der Waals surface area contributed by atoms with Crippen molar-refractivity contribution >= 4 is 35.2 Å². The maximum Gasteiger partial charge on any atom is 0.411 e. The molecular weight excluding hydrogens is 485 g/mol. The van der Waals surface area contributed by atoms with Crippen molar-refractivity contribution in [2.24, 2.45) is 0 Å². The first-order valence-corrected chi connectivity index (χ1v) is 11.8. The molecule has 1 fully saturated rings. The second-order valence-corrected chi connectivity index (χ2v) is 9.19. The van der Waals surface area contributed by atoms with E-state index in [1.165, 1.54) is 17.0 Å². The van der Waals surface area contributed by atoms with E-state index in [0.717, 1.165) is 0 Å². The Morgan fingerprint density at radius 3 is 2.39 bits per heavy atom. The quantitative estimate of drug-likeness (QED) is 0.451. The molecule has 0 bridgehead atoms. The minimum absolute atomic E-state index is 0.0829. The standard InChI is InChI=1S/C27H25ClFN3O4/c1-16(2)30-26(34)23-24(36-27(35)32(23)15-17-6-10-21(29)11-7-17)18-8-12-22(13-9-18)31-25(33)19-4-3-5-20(28)14-19/h3-14,16,23-24H,15H2,1-2H3,(H,30,34)(H,31,33)/t23-,24-/m1/s1. The fraction of sp³-hybridized carbons (Fsp3) is 0.222. The smallest absolute Gasteiger partial charge is 0.411 e. The number of nitrogens with one attached hydrogen (secondary N) is 2. The van der Waals surface area contributed by atoms with Crippen molar-refractivity contribution in [3.8, 4) is 0 Å². The molecule has 0 aliphatic carbocycles. The van der Waals surface area contributed by atoms with Gasteiger partial charge in [-0.1, -0.05) is 41.9 Å². The summed E-state index contributed by atoms with van der Waals surface area (Å²) in [5, 5.41) is 6.10. The van der Waals surface area contributed by atoms with Gasteiger partial charge in [0.05, 0.1) is 6.54 Å². The number of amides is 3. The van der Waals surface area contributed by atoms with Crippen molar-refractivity contribution < 1.29 is 23.5 Å². The monoisotopic (exact) mass is 509 g/mol. The van der Waals surface area contributed by atoms with E-state index in [9.17, 15) is 18.8 Å². The normalized spacial score (nSPS) is 17.1. The molecule has 9 heteroatoms. The number of halogens is 2. The fourth-order valence-electron chi connectivity index (χ4n) is 3.96. The summed E-state index contributed by atoms with van der Waals surface area (Å²) in [6, 6.07) is 18.0. The maximum atomic E-state index is 13.3. The van der Waals surface area contributed by atoms with E-state index in [0.29, 0.717) is 27.4 Å². The van der Waals surface area contributed by atoms with E-state index in [2.05, 4.69) is 10.6 Å². The van der Waals surface area contributed by atoms with Gasteiger partial charge in [0.1, 0.15) is 5.82 Å². The number of hydrogen-bond donors (Lipinski definition) is 2. The molecule has 4 rings (SSSR count). The van der Waals surface area contributed by atoms with Crippen molar-refractivity contribution in [1.29, 1.82) is 0 Å². The Morgan fingerprint density at radius 2 is 1.75 bits per heavy atom. The van der Waals surface area contributed by atoms with Crippen LogP contribution in [-0.4, -0.2) is 34.9 Å². The van der Waals surface area contributed by atoms with Gasteiger partial charge >= 0.3 is 6.09 Å². The summed E-state index contributed by atoms with van der Waals surface area (Å²) >= 11 is 5.96. The van der Waals surface area contributed by atoms with Gasteiger partial charge in [0.15, 0.2) is 12.1 Å². The lowest BCUT2D eigenvalue weighted by Gasteiger charge is -2.25. The predicted octanol–water partition coefficient (Wildman–Crippen LogP) is 5.32. The van der Waals surface area contributed by atoms with Gasteiger partial charge in [-0.2, -0.15) is 0 Å². The Kier molecular flexibility index (Phi) is 7.55.